The summed E-state index contributed by atoms with van der Waals surface area (Å²) in [7, 11) is 0. The first-order chi connectivity index (χ1) is 11.0. The standard InChI is InChI=1S/C8H8O.C6H14O2.C6H14O/c1-7(9)8-5-3-2-4-6-8;1-5(2,7)6(3,4)8;1-3-5-7-6-4-2/h2-6H,1H3;7-8H,1-4H3;3-6H2,1-2H3. The van der Waals surface area contributed by atoms with Crippen molar-refractivity contribution >= 4 is 5.78 Å². The van der Waals surface area contributed by atoms with Crippen LogP contribution in [0.2, 0.25) is 0 Å². The summed E-state index contributed by atoms with van der Waals surface area (Å²) in [4.78, 5) is 10.6. The minimum absolute atomic E-state index is 0.121. The van der Waals surface area contributed by atoms with Gasteiger partial charge in [0.2, 0.25) is 0 Å². The fourth-order valence-electron chi connectivity index (χ4n) is 1.06. The molecule has 24 heavy (non-hydrogen) atoms. The van der Waals surface area contributed by atoms with Crippen LogP contribution in [0.5, 0.6) is 0 Å². The van der Waals surface area contributed by atoms with Crippen molar-refractivity contribution in [1.29, 1.82) is 0 Å². The molecule has 0 aliphatic heterocycles. The lowest BCUT2D eigenvalue weighted by atomic mass is 9.90. The molecule has 0 unspecified atom stereocenters. The highest BCUT2D eigenvalue weighted by atomic mass is 16.5. The third kappa shape index (κ3) is 14.4. The third-order valence-electron chi connectivity index (χ3n) is 3.37. The number of ketones is 1. The average Bonchev–Trinajstić information content (AvgIpc) is 2.48. The van der Waals surface area contributed by atoms with Crippen LogP contribution in [0.25, 0.3) is 0 Å². The molecule has 0 aliphatic rings. The van der Waals surface area contributed by atoms with Crippen LogP contribution in [-0.2, 0) is 4.74 Å². The molecule has 1 aromatic rings. The van der Waals surface area contributed by atoms with Gasteiger partial charge in [-0.2, -0.15) is 0 Å². The molecule has 0 saturated carbocycles. The van der Waals surface area contributed by atoms with Crippen molar-refractivity contribution in [2.24, 2.45) is 0 Å². The summed E-state index contributed by atoms with van der Waals surface area (Å²) in [6.45, 7) is 14.0. The Morgan fingerprint density at radius 3 is 1.50 bits per heavy atom. The molecular formula is C20H36O4. The van der Waals surface area contributed by atoms with E-state index in [1.807, 2.05) is 30.3 Å². The van der Waals surface area contributed by atoms with Gasteiger partial charge in [0.15, 0.2) is 5.78 Å². The van der Waals surface area contributed by atoms with Crippen LogP contribution in [0.15, 0.2) is 30.3 Å². The van der Waals surface area contributed by atoms with Crippen LogP contribution >= 0.6 is 0 Å². The number of carbonyl (C=O) groups is 1. The normalized spacial score (nSPS) is 10.9. The second-order valence-electron chi connectivity index (χ2n) is 6.65. The number of ether oxygens (including phenoxy) is 1. The molecule has 4 nitrogen and oxygen atoms in total. The molecule has 0 radical (unpaired) electrons. The molecule has 1 rings (SSSR count). The molecule has 0 aromatic heterocycles. The Balaban J connectivity index is 0. The van der Waals surface area contributed by atoms with E-state index in [0.717, 1.165) is 31.6 Å². The number of hydrogen-bond acceptors (Lipinski definition) is 4. The molecule has 1 aromatic carbocycles. The molecular weight excluding hydrogens is 304 g/mol. The zero-order chi connectivity index (χ0) is 19.2. The highest BCUT2D eigenvalue weighted by Crippen LogP contribution is 2.19. The number of rotatable bonds is 6. The summed E-state index contributed by atoms with van der Waals surface area (Å²) in [5, 5.41) is 18.2. The first-order valence-corrected chi connectivity index (χ1v) is 8.55. The third-order valence-corrected chi connectivity index (χ3v) is 3.37. The summed E-state index contributed by atoms with van der Waals surface area (Å²) in [6.07, 6.45) is 2.28. The highest BCUT2D eigenvalue weighted by molar-refractivity contribution is 5.93. The number of Topliss-reactive ketones (excluding diaryl/α,β-unsaturated/α-hetero) is 1. The van der Waals surface area contributed by atoms with E-state index < -0.39 is 11.2 Å². The summed E-state index contributed by atoms with van der Waals surface area (Å²) in [6, 6.07) is 9.23. The van der Waals surface area contributed by atoms with Gasteiger partial charge >= 0.3 is 0 Å². The van der Waals surface area contributed by atoms with E-state index in [1.165, 1.54) is 0 Å². The van der Waals surface area contributed by atoms with Crippen LogP contribution in [-0.4, -0.2) is 40.4 Å². The largest absolute Gasteiger partial charge is 0.387 e. The van der Waals surface area contributed by atoms with E-state index in [9.17, 15) is 4.79 Å². The molecule has 0 amide bonds. The van der Waals surface area contributed by atoms with E-state index in [-0.39, 0.29) is 5.78 Å². The van der Waals surface area contributed by atoms with Crippen molar-refractivity contribution in [1.82, 2.24) is 0 Å². The van der Waals surface area contributed by atoms with Gasteiger partial charge in [0.1, 0.15) is 0 Å². The Hall–Kier alpha value is -1.23. The molecule has 0 aliphatic carbocycles. The lowest BCUT2D eigenvalue weighted by Gasteiger charge is -2.31. The lowest BCUT2D eigenvalue weighted by molar-refractivity contribution is -0.107. The van der Waals surface area contributed by atoms with Crippen molar-refractivity contribution in [3.63, 3.8) is 0 Å². The molecule has 0 saturated heterocycles. The monoisotopic (exact) mass is 340 g/mol. The Labute approximate surface area is 147 Å². The van der Waals surface area contributed by atoms with Crippen LogP contribution in [0.3, 0.4) is 0 Å². The molecule has 140 valence electrons. The maximum absolute atomic E-state index is 10.6. The molecule has 4 heteroatoms. The Morgan fingerprint density at radius 2 is 1.29 bits per heavy atom. The topological polar surface area (TPSA) is 66.8 Å². The SMILES string of the molecule is CC(=O)c1ccccc1.CC(C)(O)C(C)(C)O.CCCOCCC. The van der Waals surface area contributed by atoms with E-state index in [4.69, 9.17) is 14.9 Å². The fraction of sp³-hybridized carbons (Fsp3) is 0.650. The highest BCUT2D eigenvalue weighted by Gasteiger charge is 2.31. The van der Waals surface area contributed by atoms with E-state index in [0.29, 0.717) is 0 Å². The van der Waals surface area contributed by atoms with Gasteiger partial charge in [0.25, 0.3) is 0 Å². The minimum Gasteiger partial charge on any atom is -0.387 e. The molecule has 2 N–H and O–H groups in total. The summed E-state index contributed by atoms with van der Waals surface area (Å²) >= 11 is 0. The predicted molar refractivity (Wildman–Crippen MR) is 100 cm³/mol. The molecule has 0 spiro atoms. The van der Waals surface area contributed by atoms with Crippen LogP contribution in [0.1, 0.15) is 71.7 Å². The summed E-state index contributed by atoms with van der Waals surface area (Å²) in [5.74, 6) is 0.121. The number of hydrogen-bond donors (Lipinski definition) is 2. The van der Waals surface area contributed by atoms with Gasteiger partial charge in [0, 0.05) is 18.8 Å². The van der Waals surface area contributed by atoms with E-state index in [1.54, 1.807) is 34.6 Å². The maximum Gasteiger partial charge on any atom is 0.159 e. The van der Waals surface area contributed by atoms with Gasteiger partial charge in [-0.3, -0.25) is 4.79 Å². The second-order valence-corrected chi connectivity index (χ2v) is 6.65. The summed E-state index contributed by atoms with van der Waals surface area (Å²) < 4.78 is 5.13. The van der Waals surface area contributed by atoms with Crippen molar-refractivity contribution < 1.29 is 19.7 Å². The van der Waals surface area contributed by atoms with Gasteiger partial charge in [0.05, 0.1) is 11.2 Å². The minimum atomic E-state index is -1.01. The van der Waals surface area contributed by atoms with E-state index >= 15 is 0 Å². The van der Waals surface area contributed by atoms with E-state index in [2.05, 4.69) is 13.8 Å². The van der Waals surface area contributed by atoms with Crippen molar-refractivity contribution in [3.8, 4) is 0 Å². The van der Waals surface area contributed by atoms with Crippen LogP contribution in [0.4, 0.5) is 0 Å². The Kier molecular flexibility index (Phi) is 13.7. The Morgan fingerprint density at radius 1 is 0.917 bits per heavy atom. The van der Waals surface area contributed by atoms with Gasteiger partial charge in [-0.15, -0.1) is 0 Å². The average molecular weight is 341 g/mol. The molecule has 0 fully saturated rings. The van der Waals surface area contributed by atoms with Crippen molar-refractivity contribution in [3.05, 3.63) is 35.9 Å². The number of carbonyl (C=O) groups excluding carboxylic acids is 1. The maximum atomic E-state index is 10.6. The smallest absolute Gasteiger partial charge is 0.159 e. The van der Waals surface area contributed by atoms with Gasteiger partial charge < -0.3 is 14.9 Å². The fourth-order valence-corrected chi connectivity index (χ4v) is 1.06. The van der Waals surface area contributed by atoms with Crippen molar-refractivity contribution in [2.45, 2.75) is 72.5 Å². The quantitative estimate of drug-likeness (QED) is 0.600. The zero-order valence-electron chi connectivity index (χ0n) is 16.4. The second kappa shape index (κ2) is 13.1. The van der Waals surface area contributed by atoms with Crippen LogP contribution < -0.4 is 0 Å². The predicted octanol–water partition coefficient (Wildman–Crippen LogP) is 4.24. The summed E-state index contributed by atoms with van der Waals surface area (Å²) in [5.41, 5.74) is -1.24. The lowest BCUT2D eigenvalue weighted by Crippen LogP contribution is -2.44. The van der Waals surface area contributed by atoms with Crippen LogP contribution in [0, 0.1) is 0 Å². The van der Waals surface area contributed by atoms with Crippen molar-refractivity contribution in [2.75, 3.05) is 13.2 Å². The van der Waals surface area contributed by atoms with Gasteiger partial charge in [-0.1, -0.05) is 44.2 Å². The Bertz CT molecular complexity index is 398. The number of aliphatic hydroxyl groups is 2. The molecule has 0 heterocycles. The van der Waals surface area contributed by atoms with Gasteiger partial charge in [-0.25, -0.2) is 0 Å². The molecule has 0 bridgehead atoms. The first kappa shape index (κ1) is 25.0. The number of benzene rings is 1. The first-order valence-electron chi connectivity index (χ1n) is 8.55. The van der Waals surface area contributed by atoms with Gasteiger partial charge in [-0.05, 0) is 47.5 Å². The zero-order valence-corrected chi connectivity index (χ0v) is 16.4. The molecule has 0 atom stereocenters.